The average Bonchev–Trinajstić information content (AvgIpc) is 3.54. The lowest BCUT2D eigenvalue weighted by molar-refractivity contribution is 0.0592. The first kappa shape index (κ1) is 29.2. The van der Waals surface area contributed by atoms with Gasteiger partial charge in [-0.15, -0.1) is 11.3 Å². The first-order valence-corrected chi connectivity index (χ1v) is 14.9. The van der Waals surface area contributed by atoms with Crippen LogP contribution in [0.3, 0.4) is 0 Å². The summed E-state index contributed by atoms with van der Waals surface area (Å²) in [5, 5.41) is 9.93. The van der Waals surface area contributed by atoms with Crippen molar-refractivity contribution in [3.63, 3.8) is 0 Å². The maximum absolute atomic E-state index is 14.7. The van der Waals surface area contributed by atoms with E-state index in [1.165, 1.54) is 17.4 Å². The summed E-state index contributed by atoms with van der Waals surface area (Å²) >= 11 is 1.21. The van der Waals surface area contributed by atoms with Gasteiger partial charge in [-0.05, 0) is 71.8 Å². The lowest BCUT2D eigenvalue weighted by Gasteiger charge is -2.24. The molecule has 3 N–H and O–H groups in total. The van der Waals surface area contributed by atoms with Crippen LogP contribution in [-0.2, 0) is 17.6 Å². The van der Waals surface area contributed by atoms with Crippen LogP contribution in [0.15, 0.2) is 78.4 Å². The van der Waals surface area contributed by atoms with E-state index in [4.69, 9.17) is 4.74 Å². The van der Waals surface area contributed by atoms with E-state index in [1.807, 2.05) is 6.20 Å². The number of ketones is 1. The quantitative estimate of drug-likeness (QED) is 0.240. The Balaban J connectivity index is 1.18. The summed E-state index contributed by atoms with van der Waals surface area (Å²) in [6.07, 6.45) is 4.53. The van der Waals surface area contributed by atoms with Gasteiger partial charge in [0.1, 0.15) is 11.6 Å². The Labute approximate surface area is 256 Å². The number of thiophene rings is 1. The first-order chi connectivity index (χ1) is 21.4. The molecule has 8 nitrogen and oxygen atoms in total. The van der Waals surface area contributed by atoms with Crippen LogP contribution in [0.4, 0.5) is 25.8 Å². The number of anilines is 3. The second-order valence-electron chi connectivity index (χ2n) is 10.4. The number of ether oxygens (including phenoxy) is 1. The minimum Gasteiger partial charge on any atom is -0.378 e. The molecule has 1 fully saturated rings. The second-order valence-corrected chi connectivity index (χ2v) is 11.3. The fourth-order valence-corrected chi connectivity index (χ4v) is 5.80. The highest BCUT2D eigenvalue weighted by Crippen LogP contribution is 2.31. The van der Waals surface area contributed by atoms with Crippen molar-refractivity contribution in [2.45, 2.75) is 12.8 Å². The average molecular weight is 615 g/mol. The van der Waals surface area contributed by atoms with Gasteiger partial charge < -0.3 is 25.6 Å². The maximum Gasteiger partial charge on any atom is 0.265 e. The summed E-state index contributed by atoms with van der Waals surface area (Å²) in [6, 6.07) is 15.4. The van der Waals surface area contributed by atoms with E-state index in [-0.39, 0.29) is 23.1 Å². The van der Waals surface area contributed by atoms with Gasteiger partial charge in [0.2, 0.25) is 0 Å². The Morgan fingerprint density at radius 2 is 1.66 bits per heavy atom. The van der Waals surface area contributed by atoms with Gasteiger partial charge in [-0.2, -0.15) is 0 Å². The van der Waals surface area contributed by atoms with E-state index in [0.717, 1.165) is 24.2 Å². The number of morpholine rings is 1. The standard InChI is InChI=1S/C33H28F2N4O4S/c34-26-18-27(35)29(38-33(42)30-2-1-15-44-30)19-28(26)37-23-7-8-24-21(16-23)5-3-20-4-6-22(17-25(20)31(24)40)32(41)36-9-10-39-11-13-43-14-12-39/h1-2,4,6-10,15-19,37H,3,5,11-14H2,(H,36,41)(H,38,42)/b10-9-. The molecule has 2 amide bonds. The van der Waals surface area contributed by atoms with Crippen molar-refractivity contribution < 1.29 is 27.9 Å². The Bertz CT molecular complexity index is 1770. The number of rotatable bonds is 7. The summed E-state index contributed by atoms with van der Waals surface area (Å²) in [7, 11) is 0. The summed E-state index contributed by atoms with van der Waals surface area (Å²) in [5.74, 6) is -2.75. The molecule has 0 radical (unpaired) electrons. The van der Waals surface area contributed by atoms with Crippen molar-refractivity contribution in [2.75, 3.05) is 36.9 Å². The number of hydrogen-bond acceptors (Lipinski definition) is 7. The third kappa shape index (κ3) is 6.38. The molecule has 0 atom stereocenters. The molecule has 0 unspecified atom stereocenters. The molecule has 1 aliphatic carbocycles. The van der Waals surface area contributed by atoms with Gasteiger partial charge >= 0.3 is 0 Å². The Hall–Kier alpha value is -4.87. The lowest BCUT2D eigenvalue weighted by Crippen LogP contribution is -2.32. The highest BCUT2D eigenvalue weighted by molar-refractivity contribution is 7.12. The van der Waals surface area contributed by atoms with Crippen LogP contribution in [0, 0.1) is 11.6 Å². The van der Waals surface area contributed by atoms with Crippen LogP contribution in [0.1, 0.15) is 47.1 Å². The summed E-state index contributed by atoms with van der Waals surface area (Å²) in [4.78, 5) is 41.3. The third-order valence-electron chi connectivity index (χ3n) is 7.50. The molecule has 2 aliphatic rings. The fourth-order valence-electron chi connectivity index (χ4n) is 5.18. The normalized spacial score (nSPS) is 14.5. The number of aryl methyl sites for hydroxylation is 2. The predicted molar refractivity (Wildman–Crippen MR) is 165 cm³/mol. The summed E-state index contributed by atoms with van der Waals surface area (Å²) < 4.78 is 34.5. The molecule has 2 heterocycles. The largest absolute Gasteiger partial charge is 0.378 e. The third-order valence-corrected chi connectivity index (χ3v) is 8.37. The van der Waals surface area contributed by atoms with Gasteiger partial charge in [-0.25, -0.2) is 8.78 Å². The predicted octanol–water partition coefficient (Wildman–Crippen LogP) is 5.89. The van der Waals surface area contributed by atoms with Crippen LogP contribution in [0.25, 0.3) is 0 Å². The number of amides is 2. The van der Waals surface area contributed by atoms with Gasteiger partial charge in [0.15, 0.2) is 5.78 Å². The van der Waals surface area contributed by atoms with Gasteiger partial charge in [0, 0.05) is 53.9 Å². The van der Waals surface area contributed by atoms with E-state index in [9.17, 15) is 23.2 Å². The molecule has 0 saturated carbocycles. The molecule has 6 rings (SSSR count). The van der Waals surface area contributed by atoms with Crippen molar-refractivity contribution in [2.24, 2.45) is 0 Å². The molecular weight excluding hydrogens is 586 g/mol. The Morgan fingerprint density at radius 3 is 2.45 bits per heavy atom. The SMILES string of the molecule is O=C(N/C=C\N1CCOCC1)c1ccc2c(c1)C(=O)c1ccc(Nc3cc(NC(=O)c4cccs4)c(F)cc3F)cc1CC2. The number of carbonyl (C=O) groups excluding carboxylic acids is 3. The molecule has 224 valence electrons. The first-order valence-electron chi connectivity index (χ1n) is 14.1. The number of carbonyl (C=O) groups is 3. The topological polar surface area (TPSA) is 99.8 Å². The zero-order valence-corrected chi connectivity index (χ0v) is 24.3. The molecule has 11 heteroatoms. The number of halogens is 2. The number of nitrogens with zero attached hydrogens (tertiary/aromatic N) is 1. The zero-order chi connectivity index (χ0) is 30.6. The minimum atomic E-state index is -0.899. The summed E-state index contributed by atoms with van der Waals surface area (Å²) in [6.45, 7) is 2.80. The van der Waals surface area contributed by atoms with Crippen LogP contribution >= 0.6 is 11.3 Å². The number of fused-ring (bicyclic) bond motifs is 2. The molecule has 4 aromatic rings. The van der Waals surface area contributed by atoms with Crippen LogP contribution < -0.4 is 16.0 Å². The van der Waals surface area contributed by atoms with E-state index < -0.39 is 17.5 Å². The van der Waals surface area contributed by atoms with E-state index in [1.54, 1.807) is 60.1 Å². The molecule has 0 spiro atoms. The second kappa shape index (κ2) is 12.8. The molecule has 3 aromatic carbocycles. The maximum atomic E-state index is 14.7. The summed E-state index contributed by atoms with van der Waals surface area (Å²) in [5.41, 5.74) is 3.21. The Morgan fingerprint density at radius 1 is 0.864 bits per heavy atom. The Kier molecular flexibility index (Phi) is 8.49. The number of benzene rings is 3. The van der Waals surface area contributed by atoms with E-state index >= 15 is 0 Å². The molecule has 44 heavy (non-hydrogen) atoms. The molecule has 1 aliphatic heterocycles. The van der Waals surface area contributed by atoms with Gasteiger partial charge in [-0.1, -0.05) is 12.1 Å². The van der Waals surface area contributed by atoms with Crippen molar-refractivity contribution in [3.8, 4) is 0 Å². The van der Waals surface area contributed by atoms with Gasteiger partial charge in [-0.3, -0.25) is 14.4 Å². The molecular formula is C33H28F2N4O4S. The van der Waals surface area contributed by atoms with Crippen molar-refractivity contribution in [1.82, 2.24) is 10.2 Å². The van der Waals surface area contributed by atoms with Gasteiger partial charge in [0.25, 0.3) is 11.8 Å². The van der Waals surface area contributed by atoms with Crippen molar-refractivity contribution in [3.05, 3.63) is 123 Å². The minimum absolute atomic E-state index is 0.0330. The monoisotopic (exact) mass is 614 g/mol. The highest BCUT2D eigenvalue weighted by Gasteiger charge is 2.23. The lowest BCUT2D eigenvalue weighted by atomic mass is 9.96. The highest BCUT2D eigenvalue weighted by atomic mass is 32.1. The van der Waals surface area contributed by atoms with Crippen LogP contribution in [-0.4, -0.2) is 48.8 Å². The number of hydrogen-bond donors (Lipinski definition) is 3. The zero-order valence-electron chi connectivity index (χ0n) is 23.5. The van der Waals surface area contributed by atoms with Crippen LogP contribution in [0.2, 0.25) is 0 Å². The van der Waals surface area contributed by atoms with E-state index in [0.29, 0.717) is 59.4 Å². The fraction of sp³-hybridized carbons (Fsp3) is 0.182. The molecule has 0 bridgehead atoms. The van der Waals surface area contributed by atoms with Crippen molar-refractivity contribution in [1.29, 1.82) is 0 Å². The van der Waals surface area contributed by atoms with Crippen LogP contribution in [0.5, 0.6) is 0 Å². The van der Waals surface area contributed by atoms with Gasteiger partial charge in [0.05, 0.1) is 29.5 Å². The van der Waals surface area contributed by atoms with Crippen molar-refractivity contribution >= 4 is 46.0 Å². The number of nitrogens with one attached hydrogen (secondary N) is 3. The smallest absolute Gasteiger partial charge is 0.265 e. The molecule has 1 aromatic heterocycles. The van der Waals surface area contributed by atoms with E-state index in [2.05, 4.69) is 20.9 Å². The molecule has 1 saturated heterocycles.